The summed E-state index contributed by atoms with van der Waals surface area (Å²) >= 11 is 0. The van der Waals surface area contributed by atoms with Crippen LogP contribution < -0.4 is 10.4 Å². The van der Waals surface area contributed by atoms with Crippen LogP contribution in [0.1, 0.15) is 81.8 Å². The highest BCUT2D eigenvalue weighted by molar-refractivity contribution is 6.10. The molecule has 0 spiro atoms. The van der Waals surface area contributed by atoms with Crippen LogP contribution >= 0.6 is 0 Å². The van der Waals surface area contributed by atoms with E-state index in [0.29, 0.717) is 35.1 Å². The fourth-order valence-electron chi connectivity index (χ4n) is 3.79. The molecule has 2 aromatic rings. The van der Waals surface area contributed by atoms with Crippen molar-refractivity contribution in [3.63, 3.8) is 0 Å². The Bertz CT molecular complexity index is 1020. The summed E-state index contributed by atoms with van der Waals surface area (Å²) in [6, 6.07) is 1.43. The third kappa shape index (κ3) is 4.24. The summed E-state index contributed by atoms with van der Waals surface area (Å²) in [4.78, 5) is 25.3. The molecule has 156 valence electrons. The number of aromatic hydroxyl groups is 1. The van der Waals surface area contributed by atoms with Crippen LogP contribution in [0.2, 0.25) is 0 Å². The van der Waals surface area contributed by atoms with Crippen LogP contribution in [0, 0.1) is 5.92 Å². The second-order valence-electron chi connectivity index (χ2n) is 8.78. The first-order valence-corrected chi connectivity index (χ1v) is 10.4. The third-order valence-electron chi connectivity index (χ3n) is 5.17. The Morgan fingerprint density at radius 1 is 1.24 bits per heavy atom. The lowest BCUT2D eigenvalue weighted by molar-refractivity contribution is 0.0952. The van der Waals surface area contributed by atoms with Gasteiger partial charge in [0.05, 0.1) is 10.9 Å². The standard InChI is InChI=1S/C24H30O5/c1-6-7-8-9-15-13-18(26)28-22-16-10-11-24(4,5)29-23(16)20(21(27)19(15)22)17(25)12-14(2)3/h10-11,13-14,27H,6-9,12H2,1-5H3. The maximum Gasteiger partial charge on any atom is 0.336 e. The van der Waals surface area contributed by atoms with Gasteiger partial charge < -0.3 is 14.3 Å². The van der Waals surface area contributed by atoms with E-state index in [1.54, 1.807) is 0 Å². The summed E-state index contributed by atoms with van der Waals surface area (Å²) in [6.07, 6.45) is 7.57. The number of phenols is 1. The number of phenolic OH excluding ortho intramolecular Hbond substituents is 1. The highest BCUT2D eigenvalue weighted by atomic mass is 16.5. The maximum atomic E-state index is 13.1. The summed E-state index contributed by atoms with van der Waals surface area (Å²) in [5.41, 5.74) is 0.609. The SMILES string of the molecule is CCCCCc1cc(=O)oc2c3c(c(C(=O)CC(C)C)c(O)c12)OC(C)(C)C=C3. The molecule has 0 atom stereocenters. The van der Waals surface area contributed by atoms with E-state index < -0.39 is 11.2 Å². The van der Waals surface area contributed by atoms with E-state index in [9.17, 15) is 14.7 Å². The van der Waals surface area contributed by atoms with Crippen molar-refractivity contribution in [3.05, 3.63) is 39.3 Å². The largest absolute Gasteiger partial charge is 0.506 e. The summed E-state index contributed by atoms with van der Waals surface area (Å²) in [5.74, 6) is 0.110. The number of benzene rings is 1. The quantitative estimate of drug-likeness (QED) is 0.371. The zero-order chi connectivity index (χ0) is 21.3. The van der Waals surface area contributed by atoms with Crippen LogP contribution in [0.15, 0.2) is 21.4 Å². The maximum absolute atomic E-state index is 13.1. The molecular weight excluding hydrogens is 368 g/mol. The minimum Gasteiger partial charge on any atom is -0.506 e. The van der Waals surface area contributed by atoms with Gasteiger partial charge in [0.25, 0.3) is 0 Å². The van der Waals surface area contributed by atoms with Crippen LogP contribution in [-0.4, -0.2) is 16.5 Å². The van der Waals surface area contributed by atoms with Crippen molar-refractivity contribution in [1.29, 1.82) is 0 Å². The van der Waals surface area contributed by atoms with Gasteiger partial charge in [-0.05, 0) is 50.3 Å². The molecule has 29 heavy (non-hydrogen) atoms. The van der Waals surface area contributed by atoms with E-state index >= 15 is 0 Å². The van der Waals surface area contributed by atoms with Crippen molar-refractivity contribution in [3.8, 4) is 11.5 Å². The first-order chi connectivity index (χ1) is 13.6. The summed E-state index contributed by atoms with van der Waals surface area (Å²) in [5, 5.41) is 11.6. The molecule has 1 aromatic heterocycles. The van der Waals surface area contributed by atoms with Crippen LogP contribution in [0.3, 0.4) is 0 Å². The highest BCUT2D eigenvalue weighted by Crippen LogP contribution is 2.46. The Morgan fingerprint density at radius 3 is 2.62 bits per heavy atom. The molecule has 0 bridgehead atoms. The average molecular weight is 398 g/mol. The lowest BCUT2D eigenvalue weighted by Crippen LogP contribution is -2.29. The molecule has 1 N–H and O–H groups in total. The second-order valence-corrected chi connectivity index (χ2v) is 8.78. The van der Waals surface area contributed by atoms with Crippen LogP contribution in [-0.2, 0) is 6.42 Å². The van der Waals surface area contributed by atoms with Crippen LogP contribution in [0.25, 0.3) is 17.0 Å². The molecule has 0 unspecified atom stereocenters. The minimum atomic E-state index is -0.640. The Kier molecular flexibility index (Phi) is 5.87. The number of hydrogen-bond acceptors (Lipinski definition) is 5. The van der Waals surface area contributed by atoms with Crippen molar-refractivity contribution in [2.45, 2.75) is 72.3 Å². The van der Waals surface area contributed by atoms with Gasteiger partial charge in [0, 0.05) is 12.5 Å². The Labute approximate surface area is 171 Å². The lowest BCUT2D eigenvalue weighted by atomic mass is 9.90. The molecule has 1 aromatic carbocycles. The minimum absolute atomic E-state index is 0.137. The number of rotatable bonds is 7. The molecule has 5 heteroatoms. The highest BCUT2D eigenvalue weighted by Gasteiger charge is 2.33. The number of ether oxygens (including phenoxy) is 1. The first-order valence-electron chi connectivity index (χ1n) is 10.4. The predicted octanol–water partition coefficient (Wildman–Crippen LogP) is 5.64. The molecule has 1 aliphatic rings. The van der Waals surface area contributed by atoms with E-state index in [4.69, 9.17) is 9.15 Å². The normalized spacial score (nSPS) is 14.8. The molecular formula is C24H30O5. The molecule has 0 saturated heterocycles. The molecule has 0 saturated carbocycles. The molecule has 3 rings (SSSR count). The number of fused-ring (bicyclic) bond motifs is 3. The van der Waals surface area contributed by atoms with E-state index in [0.717, 1.165) is 19.3 Å². The zero-order valence-electron chi connectivity index (χ0n) is 17.9. The average Bonchev–Trinajstić information content (AvgIpc) is 2.60. The Balaban J connectivity index is 2.34. The zero-order valence-corrected chi connectivity index (χ0v) is 17.9. The van der Waals surface area contributed by atoms with Crippen molar-refractivity contribution in [1.82, 2.24) is 0 Å². The van der Waals surface area contributed by atoms with Crippen molar-refractivity contribution >= 4 is 22.8 Å². The Hall–Kier alpha value is -2.56. The Morgan fingerprint density at radius 2 is 1.97 bits per heavy atom. The van der Waals surface area contributed by atoms with Gasteiger partial charge in [-0.3, -0.25) is 4.79 Å². The van der Waals surface area contributed by atoms with Crippen molar-refractivity contribution < 1.29 is 19.1 Å². The number of aryl methyl sites for hydroxylation is 1. The van der Waals surface area contributed by atoms with E-state index in [1.165, 1.54) is 6.07 Å². The number of Topliss-reactive ketones (excluding diaryl/α,β-unsaturated/α-hetero) is 1. The predicted molar refractivity (Wildman–Crippen MR) is 115 cm³/mol. The summed E-state index contributed by atoms with van der Waals surface area (Å²) in [6.45, 7) is 9.78. The molecule has 0 fully saturated rings. The third-order valence-corrected chi connectivity index (χ3v) is 5.17. The van der Waals surface area contributed by atoms with Gasteiger partial charge in [-0.2, -0.15) is 0 Å². The van der Waals surface area contributed by atoms with Gasteiger partial charge in [-0.1, -0.05) is 33.6 Å². The smallest absolute Gasteiger partial charge is 0.336 e. The van der Waals surface area contributed by atoms with Gasteiger partial charge >= 0.3 is 5.63 Å². The monoisotopic (exact) mass is 398 g/mol. The molecule has 1 aliphatic heterocycles. The van der Waals surface area contributed by atoms with Crippen LogP contribution in [0.5, 0.6) is 11.5 Å². The second kappa shape index (κ2) is 8.05. The summed E-state index contributed by atoms with van der Waals surface area (Å²) < 4.78 is 11.6. The van der Waals surface area contributed by atoms with Crippen molar-refractivity contribution in [2.24, 2.45) is 5.92 Å². The molecule has 2 heterocycles. The van der Waals surface area contributed by atoms with E-state index in [-0.39, 0.29) is 28.6 Å². The fourth-order valence-corrected chi connectivity index (χ4v) is 3.79. The van der Waals surface area contributed by atoms with Gasteiger partial charge in [-0.15, -0.1) is 0 Å². The van der Waals surface area contributed by atoms with Gasteiger partial charge in [0.15, 0.2) is 11.4 Å². The first kappa shape index (κ1) is 21.2. The number of unbranched alkanes of at least 4 members (excludes halogenated alkanes) is 2. The van der Waals surface area contributed by atoms with Gasteiger partial charge in [0.2, 0.25) is 0 Å². The van der Waals surface area contributed by atoms with Gasteiger partial charge in [-0.25, -0.2) is 4.79 Å². The molecule has 0 radical (unpaired) electrons. The number of ketones is 1. The van der Waals surface area contributed by atoms with Crippen LogP contribution in [0.4, 0.5) is 0 Å². The van der Waals surface area contributed by atoms with E-state index in [2.05, 4.69) is 6.92 Å². The number of hydrogen-bond donors (Lipinski definition) is 1. The topological polar surface area (TPSA) is 76.7 Å². The molecule has 0 amide bonds. The lowest BCUT2D eigenvalue weighted by Gasteiger charge is -2.30. The van der Waals surface area contributed by atoms with E-state index in [1.807, 2.05) is 39.8 Å². The number of carbonyl (C=O) groups is 1. The molecule has 0 aliphatic carbocycles. The fraction of sp³-hybridized carbons (Fsp3) is 0.500. The number of carbonyl (C=O) groups excluding carboxylic acids is 1. The van der Waals surface area contributed by atoms with Crippen molar-refractivity contribution in [2.75, 3.05) is 0 Å². The molecule has 5 nitrogen and oxygen atoms in total. The van der Waals surface area contributed by atoms with Gasteiger partial charge in [0.1, 0.15) is 22.7 Å². The summed E-state index contributed by atoms with van der Waals surface area (Å²) in [7, 11) is 0.